The molecule has 5 nitrogen and oxygen atoms in total. The van der Waals surface area contributed by atoms with Crippen LogP contribution < -0.4 is 10.1 Å². The van der Waals surface area contributed by atoms with Gasteiger partial charge in [0, 0.05) is 0 Å². The summed E-state index contributed by atoms with van der Waals surface area (Å²) < 4.78 is 5.07. The molecule has 1 rings (SSSR count). The van der Waals surface area contributed by atoms with Crippen molar-refractivity contribution >= 4 is 11.9 Å². The summed E-state index contributed by atoms with van der Waals surface area (Å²) in [7, 11) is 1.55. The number of benzene rings is 1. The molecule has 104 valence electrons. The summed E-state index contributed by atoms with van der Waals surface area (Å²) in [4.78, 5) is 23.0. The summed E-state index contributed by atoms with van der Waals surface area (Å²) in [6.45, 7) is 3.22. The number of aliphatic carboxylic acids is 1. The molecular weight excluding hydrogens is 246 g/mol. The number of carbonyl (C=O) groups is 2. The predicted octanol–water partition coefficient (Wildman–Crippen LogP) is 1.61. The fourth-order valence-electron chi connectivity index (χ4n) is 1.61. The third-order valence-corrected chi connectivity index (χ3v) is 3.09. The van der Waals surface area contributed by atoms with E-state index >= 15 is 0 Å². The van der Waals surface area contributed by atoms with Gasteiger partial charge in [-0.25, -0.2) is 4.79 Å². The van der Waals surface area contributed by atoms with Gasteiger partial charge in [-0.15, -0.1) is 0 Å². The molecule has 1 atom stereocenters. The fraction of sp³-hybridized carbons (Fsp3) is 0.429. The van der Waals surface area contributed by atoms with Crippen molar-refractivity contribution in [3.63, 3.8) is 0 Å². The number of nitrogens with one attached hydrogen (secondary N) is 1. The Balaban J connectivity index is 2.72. The van der Waals surface area contributed by atoms with Gasteiger partial charge in [-0.1, -0.05) is 19.1 Å². The Bertz CT molecular complexity index is 472. The van der Waals surface area contributed by atoms with E-state index in [-0.39, 0.29) is 12.3 Å². The van der Waals surface area contributed by atoms with E-state index in [2.05, 4.69) is 5.32 Å². The van der Waals surface area contributed by atoms with Gasteiger partial charge in [0.05, 0.1) is 13.5 Å². The number of rotatable bonds is 6. The molecule has 0 saturated heterocycles. The maximum atomic E-state index is 11.9. The van der Waals surface area contributed by atoms with Crippen molar-refractivity contribution in [1.29, 1.82) is 0 Å². The van der Waals surface area contributed by atoms with Crippen LogP contribution in [-0.4, -0.2) is 29.6 Å². The summed E-state index contributed by atoms with van der Waals surface area (Å²) in [6.07, 6.45) is 0.451. The van der Waals surface area contributed by atoms with Crippen molar-refractivity contribution in [2.75, 3.05) is 7.11 Å². The second-order valence-corrected chi connectivity index (χ2v) is 4.57. The first-order valence-corrected chi connectivity index (χ1v) is 6.08. The molecule has 19 heavy (non-hydrogen) atoms. The summed E-state index contributed by atoms with van der Waals surface area (Å²) in [5.74, 6) is -0.684. The number of carboxylic acids is 1. The van der Waals surface area contributed by atoms with Gasteiger partial charge >= 0.3 is 5.97 Å². The highest BCUT2D eigenvalue weighted by molar-refractivity contribution is 5.87. The van der Waals surface area contributed by atoms with E-state index in [1.807, 2.05) is 0 Å². The molecule has 1 aromatic carbocycles. The van der Waals surface area contributed by atoms with E-state index in [1.54, 1.807) is 38.3 Å². The van der Waals surface area contributed by atoms with Gasteiger partial charge in [-0.2, -0.15) is 0 Å². The van der Waals surface area contributed by atoms with E-state index < -0.39 is 11.5 Å². The smallest absolute Gasteiger partial charge is 0.329 e. The fourth-order valence-corrected chi connectivity index (χ4v) is 1.61. The topological polar surface area (TPSA) is 75.6 Å². The molecule has 2 N–H and O–H groups in total. The zero-order chi connectivity index (χ0) is 14.5. The summed E-state index contributed by atoms with van der Waals surface area (Å²) in [5, 5.41) is 11.6. The van der Waals surface area contributed by atoms with Crippen molar-refractivity contribution in [1.82, 2.24) is 5.32 Å². The second kappa shape index (κ2) is 6.22. The first-order valence-electron chi connectivity index (χ1n) is 6.08. The second-order valence-electron chi connectivity index (χ2n) is 4.57. The van der Waals surface area contributed by atoms with Gasteiger partial charge in [0.25, 0.3) is 0 Å². The predicted molar refractivity (Wildman–Crippen MR) is 71.2 cm³/mol. The number of methoxy groups -OCH3 is 1. The molecule has 0 fully saturated rings. The van der Waals surface area contributed by atoms with Crippen LogP contribution in [0.2, 0.25) is 0 Å². The minimum absolute atomic E-state index is 0.125. The molecule has 1 unspecified atom stereocenters. The molecule has 0 heterocycles. The lowest BCUT2D eigenvalue weighted by molar-refractivity contribution is -0.146. The van der Waals surface area contributed by atoms with Crippen molar-refractivity contribution in [2.45, 2.75) is 32.2 Å². The summed E-state index contributed by atoms with van der Waals surface area (Å²) >= 11 is 0. The normalized spacial score (nSPS) is 13.4. The van der Waals surface area contributed by atoms with Crippen molar-refractivity contribution in [2.24, 2.45) is 0 Å². The number of carboxylic acid groups (broad SMARTS) is 1. The highest BCUT2D eigenvalue weighted by atomic mass is 16.5. The third kappa shape index (κ3) is 3.98. The Morgan fingerprint density at radius 1 is 1.42 bits per heavy atom. The van der Waals surface area contributed by atoms with Crippen LogP contribution >= 0.6 is 0 Å². The number of amides is 1. The molecular formula is C14H19NO4. The Labute approximate surface area is 112 Å². The average Bonchev–Trinajstić information content (AvgIpc) is 2.38. The van der Waals surface area contributed by atoms with E-state index in [4.69, 9.17) is 9.84 Å². The quantitative estimate of drug-likeness (QED) is 0.819. The maximum absolute atomic E-state index is 11.9. The van der Waals surface area contributed by atoms with E-state index in [0.717, 1.165) is 5.56 Å². The standard InChI is InChI=1S/C14H19NO4/c1-4-14(2,13(17)18)15-12(16)9-10-6-5-7-11(8-10)19-3/h5-8H,4,9H2,1-3H3,(H,15,16)(H,17,18). The zero-order valence-corrected chi connectivity index (χ0v) is 11.4. The lowest BCUT2D eigenvalue weighted by atomic mass is 9.98. The van der Waals surface area contributed by atoms with Gasteiger partial charge in [0.1, 0.15) is 11.3 Å². The Morgan fingerprint density at radius 3 is 2.63 bits per heavy atom. The SMILES string of the molecule is CCC(C)(NC(=O)Cc1cccc(OC)c1)C(=O)O. The monoisotopic (exact) mass is 265 g/mol. The lowest BCUT2D eigenvalue weighted by Gasteiger charge is -2.24. The first kappa shape index (κ1) is 15.0. The summed E-state index contributed by atoms with van der Waals surface area (Å²) in [6, 6.07) is 7.13. The Kier molecular flexibility index (Phi) is 4.92. The Morgan fingerprint density at radius 2 is 2.11 bits per heavy atom. The van der Waals surface area contributed by atoms with Crippen LogP contribution in [-0.2, 0) is 16.0 Å². The van der Waals surface area contributed by atoms with Crippen LogP contribution in [0.15, 0.2) is 24.3 Å². The van der Waals surface area contributed by atoms with Crippen LogP contribution in [0.3, 0.4) is 0 Å². The molecule has 0 aromatic heterocycles. The van der Waals surface area contributed by atoms with Crippen molar-refractivity contribution < 1.29 is 19.4 Å². The number of carbonyl (C=O) groups excluding carboxylic acids is 1. The number of hydrogen-bond acceptors (Lipinski definition) is 3. The Hall–Kier alpha value is -2.04. The van der Waals surface area contributed by atoms with Crippen LogP contribution in [0.5, 0.6) is 5.75 Å². The van der Waals surface area contributed by atoms with Crippen molar-refractivity contribution in [3.05, 3.63) is 29.8 Å². The van der Waals surface area contributed by atoms with E-state index in [1.165, 1.54) is 6.92 Å². The molecule has 0 aliphatic heterocycles. The van der Waals surface area contributed by atoms with Gasteiger partial charge in [-0.05, 0) is 31.0 Å². The van der Waals surface area contributed by atoms with Gasteiger partial charge in [-0.3, -0.25) is 4.79 Å². The largest absolute Gasteiger partial charge is 0.497 e. The van der Waals surface area contributed by atoms with Crippen molar-refractivity contribution in [3.8, 4) is 5.75 Å². The molecule has 0 radical (unpaired) electrons. The molecule has 0 aliphatic carbocycles. The highest BCUT2D eigenvalue weighted by Crippen LogP contribution is 2.14. The lowest BCUT2D eigenvalue weighted by Crippen LogP contribution is -2.52. The molecule has 0 aliphatic rings. The molecule has 0 spiro atoms. The van der Waals surface area contributed by atoms with Gasteiger partial charge < -0.3 is 15.2 Å². The number of ether oxygens (including phenoxy) is 1. The minimum Gasteiger partial charge on any atom is -0.497 e. The third-order valence-electron chi connectivity index (χ3n) is 3.09. The minimum atomic E-state index is -1.23. The van der Waals surface area contributed by atoms with Crippen LogP contribution in [0.4, 0.5) is 0 Å². The molecule has 1 amide bonds. The van der Waals surface area contributed by atoms with E-state index in [9.17, 15) is 9.59 Å². The zero-order valence-electron chi connectivity index (χ0n) is 11.4. The van der Waals surface area contributed by atoms with E-state index in [0.29, 0.717) is 12.2 Å². The molecule has 5 heteroatoms. The van der Waals surface area contributed by atoms with Gasteiger partial charge in [0.15, 0.2) is 0 Å². The van der Waals surface area contributed by atoms with Crippen LogP contribution in [0.25, 0.3) is 0 Å². The van der Waals surface area contributed by atoms with Gasteiger partial charge in [0.2, 0.25) is 5.91 Å². The van der Waals surface area contributed by atoms with Crippen LogP contribution in [0.1, 0.15) is 25.8 Å². The molecule has 0 bridgehead atoms. The van der Waals surface area contributed by atoms with Crippen LogP contribution in [0, 0.1) is 0 Å². The number of hydrogen-bond donors (Lipinski definition) is 2. The maximum Gasteiger partial charge on any atom is 0.329 e. The summed E-state index contributed by atoms with van der Waals surface area (Å²) in [5.41, 5.74) is -0.448. The average molecular weight is 265 g/mol. The first-order chi connectivity index (χ1) is 8.91. The molecule has 0 saturated carbocycles. The highest BCUT2D eigenvalue weighted by Gasteiger charge is 2.32. The molecule has 1 aromatic rings.